The monoisotopic (exact) mass is 265 g/mol. The first-order valence-electron chi connectivity index (χ1n) is 6.81. The minimum Gasteiger partial charge on any atom is -0.497 e. The van der Waals surface area contributed by atoms with Gasteiger partial charge >= 0.3 is 0 Å². The highest BCUT2D eigenvalue weighted by atomic mass is 16.5. The van der Waals surface area contributed by atoms with Crippen LogP contribution in [0.2, 0.25) is 0 Å². The molecule has 0 fully saturated rings. The molecule has 0 bridgehead atoms. The Labute approximate surface area is 117 Å². The molecule has 0 aliphatic carbocycles. The van der Waals surface area contributed by atoms with Crippen molar-refractivity contribution < 1.29 is 9.47 Å². The quantitative estimate of drug-likeness (QED) is 0.819. The van der Waals surface area contributed by atoms with Crippen molar-refractivity contribution in [3.8, 4) is 11.5 Å². The van der Waals surface area contributed by atoms with Crippen LogP contribution in [0.4, 0.5) is 0 Å². The van der Waals surface area contributed by atoms with Gasteiger partial charge in [-0.05, 0) is 29.0 Å². The van der Waals surface area contributed by atoms with Gasteiger partial charge in [0.15, 0.2) is 0 Å². The number of nitrogens with one attached hydrogen (secondary N) is 1. The Morgan fingerprint density at radius 1 is 1.05 bits per heavy atom. The molecule has 0 saturated heterocycles. The van der Waals surface area contributed by atoms with Gasteiger partial charge in [-0.2, -0.15) is 0 Å². The number of benzene rings is 1. The molecule has 1 rings (SSSR count). The molecule has 0 saturated carbocycles. The molecule has 0 aliphatic rings. The second-order valence-electron chi connectivity index (χ2n) is 5.97. The van der Waals surface area contributed by atoms with Crippen LogP contribution in [0, 0.1) is 11.3 Å². The van der Waals surface area contributed by atoms with E-state index in [1.165, 1.54) is 5.56 Å². The smallest absolute Gasteiger partial charge is 0.122 e. The third-order valence-electron chi connectivity index (χ3n) is 3.88. The standard InChI is InChI=1S/C16H27NO2/c1-12(2)16(3,4)11-17-10-13-7-14(18-5)9-15(8-13)19-6/h7-9,12,17H,10-11H2,1-6H3. The van der Waals surface area contributed by atoms with Crippen molar-refractivity contribution in [1.29, 1.82) is 0 Å². The predicted molar refractivity (Wildman–Crippen MR) is 79.9 cm³/mol. The summed E-state index contributed by atoms with van der Waals surface area (Å²) in [5.41, 5.74) is 1.47. The third kappa shape index (κ3) is 4.75. The fraction of sp³-hybridized carbons (Fsp3) is 0.625. The first-order chi connectivity index (χ1) is 8.89. The van der Waals surface area contributed by atoms with Crippen LogP contribution >= 0.6 is 0 Å². The van der Waals surface area contributed by atoms with Gasteiger partial charge in [-0.25, -0.2) is 0 Å². The van der Waals surface area contributed by atoms with Crippen molar-refractivity contribution in [2.75, 3.05) is 20.8 Å². The number of rotatable bonds is 7. The van der Waals surface area contributed by atoms with Gasteiger partial charge in [-0.15, -0.1) is 0 Å². The lowest BCUT2D eigenvalue weighted by Gasteiger charge is -2.29. The molecule has 0 heterocycles. The summed E-state index contributed by atoms with van der Waals surface area (Å²) in [5.74, 6) is 2.32. The first-order valence-corrected chi connectivity index (χ1v) is 6.81. The van der Waals surface area contributed by atoms with Crippen molar-refractivity contribution in [3.05, 3.63) is 23.8 Å². The topological polar surface area (TPSA) is 30.5 Å². The zero-order valence-electron chi connectivity index (χ0n) is 13.0. The highest BCUT2D eigenvalue weighted by Crippen LogP contribution is 2.25. The number of hydrogen-bond acceptors (Lipinski definition) is 3. The summed E-state index contributed by atoms with van der Waals surface area (Å²) in [4.78, 5) is 0. The molecule has 1 aromatic rings. The molecule has 0 spiro atoms. The van der Waals surface area contributed by atoms with Crippen molar-refractivity contribution in [2.24, 2.45) is 11.3 Å². The SMILES string of the molecule is COc1cc(CNCC(C)(C)C(C)C)cc(OC)c1. The van der Waals surface area contributed by atoms with Gasteiger partial charge < -0.3 is 14.8 Å². The molecule has 0 unspecified atom stereocenters. The Hall–Kier alpha value is -1.22. The van der Waals surface area contributed by atoms with Crippen LogP contribution in [-0.4, -0.2) is 20.8 Å². The number of methoxy groups -OCH3 is 2. The molecule has 3 nitrogen and oxygen atoms in total. The fourth-order valence-corrected chi connectivity index (χ4v) is 1.70. The van der Waals surface area contributed by atoms with Gasteiger partial charge in [0.1, 0.15) is 11.5 Å². The Bertz CT molecular complexity index is 377. The van der Waals surface area contributed by atoms with E-state index in [0.717, 1.165) is 24.6 Å². The molecule has 1 N–H and O–H groups in total. The Balaban J connectivity index is 2.62. The van der Waals surface area contributed by atoms with Crippen molar-refractivity contribution >= 4 is 0 Å². The zero-order chi connectivity index (χ0) is 14.5. The van der Waals surface area contributed by atoms with E-state index in [4.69, 9.17) is 9.47 Å². The van der Waals surface area contributed by atoms with Gasteiger partial charge in [0.2, 0.25) is 0 Å². The predicted octanol–water partition coefficient (Wildman–Crippen LogP) is 3.48. The Morgan fingerprint density at radius 3 is 2.00 bits per heavy atom. The van der Waals surface area contributed by atoms with E-state index in [2.05, 4.69) is 33.0 Å². The van der Waals surface area contributed by atoms with Crippen LogP contribution in [0.25, 0.3) is 0 Å². The van der Waals surface area contributed by atoms with Crippen molar-refractivity contribution in [2.45, 2.75) is 34.2 Å². The molecule has 0 aliphatic heterocycles. The van der Waals surface area contributed by atoms with E-state index in [0.29, 0.717) is 11.3 Å². The molecule has 0 amide bonds. The lowest BCUT2D eigenvalue weighted by molar-refractivity contribution is 0.238. The maximum absolute atomic E-state index is 5.28. The van der Waals surface area contributed by atoms with Crippen LogP contribution in [0.5, 0.6) is 11.5 Å². The molecule has 0 radical (unpaired) electrons. The maximum Gasteiger partial charge on any atom is 0.122 e. The molecule has 0 aromatic heterocycles. The Kier molecular flexibility index (Phi) is 5.67. The van der Waals surface area contributed by atoms with Gasteiger partial charge in [-0.3, -0.25) is 0 Å². The van der Waals surface area contributed by atoms with Crippen molar-refractivity contribution in [3.63, 3.8) is 0 Å². The number of ether oxygens (including phenoxy) is 2. The summed E-state index contributed by atoms with van der Waals surface area (Å²) in [6.45, 7) is 10.9. The summed E-state index contributed by atoms with van der Waals surface area (Å²) < 4.78 is 10.6. The second-order valence-corrected chi connectivity index (χ2v) is 5.97. The largest absolute Gasteiger partial charge is 0.497 e. The normalized spacial score (nSPS) is 11.7. The van der Waals surface area contributed by atoms with Gasteiger partial charge in [0.05, 0.1) is 14.2 Å². The summed E-state index contributed by atoms with van der Waals surface area (Å²) in [6, 6.07) is 5.97. The van der Waals surface area contributed by atoms with Gasteiger partial charge in [0.25, 0.3) is 0 Å². The molecule has 108 valence electrons. The van der Waals surface area contributed by atoms with E-state index >= 15 is 0 Å². The molecule has 3 heteroatoms. The van der Waals surface area contributed by atoms with E-state index in [9.17, 15) is 0 Å². The molecular formula is C16H27NO2. The van der Waals surface area contributed by atoms with Gasteiger partial charge in [-0.1, -0.05) is 27.7 Å². The highest BCUT2D eigenvalue weighted by molar-refractivity contribution is 5.38. The summed E-state index contributed by atoms with van der Waals surface area (Å²) in [5, 5.41) is 3.51. The van der Waals surface area contributed by atoms with Crippen LogP contribution in [-0.2, 0) is 6.54 Å². The van der Waals surface area contributed by atoms with Crippen molar-refractivity contribution in [1.82, 2.24) is 5.32 Å². The van der Waals surface area contributed by atoms with Gasteiger partial charge in [0, 0.05) is 19.2 Å². The summed E-state index contributed by atoms with van der Waals surface area (Å²) >= 11 is 0. The Morgan fingerprint density at radius 2 is 1.58 bits per heavy atom. The average molecular weight is 265 g/mol. The average Bonchev–Trinajstić information content (AvgIpc) is 2.37. The number of hydrogen-bond donors (Lipinski definition) is 1. The molecule has 19 heavy (non-hydrogen) atoms. The summed E-state index contributed by atoms with van der Waals surface area (Å²) in [6.07, 6.45) is 0. The lowest BCUT2D eigenvalue weighted by Crippen LogP contribution is -2.33. The van der Waals surface area contributed by atoms with Crippen LogP contribution < -0.4 is 14.8 Å². The van der Waals surface area contributed by atoms with Crippen LogP contribution in [0.1, 0.15) is 33.3 Å². The van der Waals surface area contributed by atoms with Crippen LogP contribution in [0.15, 0.2) is 18.2 Å². The van der Waals surface area contributed by atoms with E-state index < -0.39 is 0 Å². The van der Waals surface area contributed by atoms with E-state index in [1.807, 2.05) is 18.2 Å². The highest BCUT2D eigenvalue weighted by Gasteiger charge is 2.21. The summed E-state index contributed by atoms with van der Waals surface area (Å²) in [7, 11) is 3.35. The molecule has 0 atom stereocenters. The maximum atomic E-state index is 5.28. The second kappa shape index (κ2) is 6.80. The minimum absolute atomic E-state index is 0.295. The first kappa shape index (κ1) is 15.8. The lowest BCUT2D eigenvalue weighted by atomic mass is 9.81. The molecule has 1 aromatic carbocycles. The fourth-order valence-electron chi connectivity index (χ4n) is 1.70. The minimum atomic E-state index is 0.295. The van der Waals surface area contributed by atoms with E-state index in [-0.39, 0.29) is 0 Å². The zero-order valence-corrected chi connectivity index (χ0v) is 13.0. The third-order valence-corrected chi connectivity index (χ3v) is 3.88. The van der Waals surface area contributed by atoms with Crippen LogP contribution in [0.3, 0.4) is 0 Å². The molecular weight excluding hydrogens is 238 g/mol. The van der Waals surface area contributed by atoms with E-state index in [1.54, 1.807) is 14.2 Å².